The lowest BCUT2D eigenvalue weighted by Crippen LogP contribution is -2.24. The van der Waals surface area contributed by atoms with Gasteiger partial charge in [0, 0.05) is 6.54 Å². The maximum atomic E-state index is 2.56. The lowest BCUT2D eigenvalue weighted by Gasteiger charge is -2.16. The average molecular weight is 215 g/mol. The third-order valence-corrected chi connectivity index (χ3v) is 3.17. The van der Waals surface area contributed by atoms with E-state index < -0.39 is 0 Å². The van der Waals surface area contributed by atoms with Crippen LogP contribution in [0.25, 0.3) is 6.08 Å². The van der Waals surface area contributed by atoms with Crippen LogP contribution in [-0.2, 0) is 0 Å². The first-order chi connectivity index (χ1) is 7.95. The van der Waals surface area contributed by atoms with Crippen LogP contribution in [0.4, 0.5) is 0 Å². The van der Waals surface area contributed by atoms with E-state index in [0.717, 1.165) is 6.54 Å². The van der Waals surface area contributed by atoms with E-state index in [0.29, 0.717) is 0 Å². The maximum Gasteiger partial charge on any atom is 0.0166 e. The van der Waals surface area contributed by atoms with E-state index >= 15 is 0 Å². The summed E-state index contributed by atoms with van der Waals surface area (Å²) in [7, 11) is 0. The second-order valence-corrected chi connectivity index (χ2v) is 4.53. The van der Waals surface area contributed by atoms with Gasteiger partial charge in [-0.1, -0.05) is 55.3 Å². The number of benzene rings is 1. The van der Waals surface area contributed by atoms with E-state index in [2.05, 4.69) is 47.4 Å². The second-order valence-electron chi connectivity index (χ2n) is 4.53. The highest BCUT2D eigenvalue weighted by atomic mass is 15.1. The Kier molecular flexibility index (Phi) is 4.63. The van der Waals surface area contributed by atoms with Crippen LogP contribution in [0.3, 0.4) is 0 Å². The molecule has 0 atom stereocenters. The zero-order valence-electron chi connectivity index (χ0n) is 9.94. The van der Waals surface area contributed by atoms with Crippen LogP contribution in [0.15, 0.2) is 36.4 Å². The number of hydrogen-bond acceptors (Lipinski definition) is 1. The summed E-state index contributed by atoms with van der Waals surface area (Å²) < 4.78 is 0. The Balaban J connectivity index is 1.79. The van der Waals surface area contributed by atoms with Gasteiger partial charge in [-0.15, -0.1) is 0 Å². The van der Waals surface area contributed by atoms with E-state index in [1.807, 2.05) is 0 Å². The first kappa shape index (κ1) is 11.4. The summed E-state index contributed by atoms with van der Waals surface area (Å²) in [4.78, 5) is 2.56. The summed E-state index contributed by atoms with van der Waals surface area (Å²) in [5, 5.41) is 0. The zero-order chi connectivity index (χ0) is 11.1. The predicted octanol–water partition coefficient (Wildman–Crippen LogP) is 3.58. The van der Waals surface area contributed by atoms with Crippen molar-refractivity contribution in [2.45, 2.75) is 25.7 Å². The van der Waals surface area contributed by atoms with Crippen molar-refractivity contribution in [3.05, 3.63) is 42.0 Å². The smallest absolute Gasteiger partial charge is 0.0166 e. The molecule has 1 nitrogen and oxygen atoms in total. The van der Waals surface area contributed by atoms with Gasteiger partial charge < -0.3 is 0 Å². The Bertz CT molecular complexity index is 307. The summed E-state index contributed by atoms with van der Waals surface area (Å²) in [6.45, 7) is 3.66. The monoisotopic (exact) mass is 215 g/mol. The van der Waals surface area contributed by atoms with Crippen molar-refractivity contribution < 1.29 is 0 Å². The molecule has 0 bridgehead atoms. The molecule has 0 unspecified atom stereocenters. The largest absolute Gasteiger partial charge is 0.300 e. The van der Waals surface area contributed by atoms with Gasteiger partial charge in [0.25, 0.3) is 0 Å². The minimum Gasteiger partial charge on any atom is -0.300 e. The molecule has 1 aliphatic rings. The molecule has 1 aliphatic heterocycles. The van der Waals surface area contributed by atoms with E-state index in [-0.39, 0.29) is 0 Å². The zero-order valence-corrected chi connectivity index (χ0v) is 9.94. The highest BCUT2D eigenvalue weighted by Crippen LogP contribution is 2.09. The van der Waals surface area contributed by atoms with E-state index in [4.69, 9.17) is 0 Å². The van der Waals surface area contributed by atoms with Crippen molar-refractivity contribution >= 4 is 6.08 Å². The molecule has 1 aromatic rings. The highest BCUT2D eigenvalue weighted by Gasteiger charge is 2.06. The second kappa shape index (κ2) is 6.49. The van der Waals surface area contributed by atoms with Gasteiger partial charge >= 0.3 is 0 Å². The molecule has 0 aromatic heterocycles. The number of nitrogens with zero attached hydrogens (tertiary/aromatic N) is 1. The van der Waals surface area contributed by atoms with Crippen molar-refractivity contribution in [1.29, 1.82) is 0 Å². The maximum absolute atomic E-state index is 2.56. The van der Waals surface area contributed by atoms with Crippen LogP contribution in [0.2, 0.25) is 0 Å². The van der Waals surface area contributed by atoms with Gasteiger partial charge in [0.15, 0.2) is 0 Å². The normalized spacial score (nSPS) is 18.8. The summed E-state index contributed by atoms with van der Waals surface area (Å²) in [6, 6.07) is 10.5. The lowest BCUT2D eigenvalue weighted by molar-refractivity contribution is 0.316. The summed E-state index contributed by atoms with van der Waals surface area (Å²) in [6.07, 6.45) is 10.1. The van der Waals surface area contributed by atoms with Gasteiger partial charge in [-0.2, -0.15) is 0 Å². The van der Waals surface area contributed by atoms with Crippen molar-refractivity contribution in [3.8, 4) is 0 Å². The molecule has 1 heteroatoms. The van der Waals surface area contributed by atoms with E-state index in [1.165, 1.54) is 44.3 Å². The molecular formula is C15H21N. The topological polar surface area (TPSA) is 3.24 Å². The number of likely N-dealkylation sites (tertiary alicyclic amines) is 1. The molecule has 86 valence electrons. The average Bonchev–Trinajstić information content (AvgIpc) is 2.59. The predicted molar refractivity (Wildman–Crippen MR) is 70.4 cm³/mol. The Hall–Kier alpha value is -1.08. The van der Waals surface area contributed by atoms with Crippen LogP contribution >= 0.6 is 0 Å². The Labute approximate surface area is 98.8 Å². The molecule has 0 saturated carbocycles. The third kappa shape index (κ3) is 3.82. The lowest BCUT2D eigenvalue weighted by atomic mass is 10.2. The van der Waals surface area contributed by atoms with Gasteiger partial charge in [-0.3, -0.25) is 4.90 Å². The van der Waals surface area contributed by atoms with Crippen LogP contribution in [-0.4, -0.2) is 24.5 Å². The molecule has 0 amide bonds. The minimum absolute atomic E-state index is 1.11. The Morgan fingerprint density at radius 3 is 2.31 bits per heavy atom. The van der Waals surface area contributed by atoms with Crippen LogP contribution < -0.4 is 0 Å². The van der Waals surface area contributed by atoms with Crippen LogP contribution in [0.1, 0.15) is 31.2 Å². The summed E-state index contributed by atoms with van der Waals surface area (Å²) >= 11 is 0. The standard InChI is InChI=1S/C15H21N/c1-2-7-13-16(12-6-1)14-8-11-15-9-4-3-5-10-15/h3-5,8-11H,1-2,6-7,12-14H2/b11-8+. The molecule has 2 rings (SSSR count). The third-order valence-electron chi connectivity index (χ3n) is 3.17. The van der Waals surface area contributed by atoms with Crippen LogP contribution in [0.5, 0.6) is 0 Å². The molecule has 1 saturated heterocycles. The summed E-state index contributed by atoms with van der Waals surface area (Å²) in [5.74, 6) is 0. The van der Waals surface area contributed by atoms with Crippen LogP contribution in [0, 0.1) is 0 Å². The van der Waals surface area contributed by atoms with Gasteiger partial charge in [0.2, 0.25) is 0 Å². The fraction of sp³-hybridized carbons (Fsp3) is 0.467. The van der Waals surface area contributed by atoms with Crippen molar-refractivity contribution in [2.75, 3.05) is 19.6 Å². The molecule has 1 aromatic carbocycles. The molecule has 0 aliphatic carbocycles. The Morgan fingerprint density at radius 2 is 1.62 bits per heavy atom. The van der Waals surface area contributed by atoms with Gasteiger partial charge in [-0.05, 0) is 31.5 Å². The molecule has 0 spiro atoms. The number of hydrogen-bond donors (Lipinski definition) is 0. The first-order valence-electron chi connectivity index (χ1n) is 6.39. The molecule has 0 radical (unpaired) electrons. The van der Waals surface area contributed by atoms with Gasteiger partial charge in [0.1, 0.15) is 0 Å². The van der Waals surface area contributed by atoms with Gasteiger partial charge in [-0.25, -0.2) is 0 Å². The minimum atomic E-state index is 1.11. The molecule has 1 fully saturated rings. The molecule has 1 heterocycles. The van der Waals surface area contributed by atoms with E-state index in [1.54, 1.807) is 0 Å². The molecular weight excluding hydrogens is 194 g/mol. The highest BCUT2D eigenvalue weighted by molar-refractivity contribution is 5.48. The Morgan fingerprint density at radius 1 is 0.938 bits per heavy atom. The summed E-state index contributed by atoms with van der Waals surface area (Å²) in [5.41, 5.74) is 1.30. The fourth-order valence-electron chi connectivity index (χ4n) is 2.22. The van der Waals surface area contributed by atoms with Gasteiger partial charge in [0.05, 0.1) is 0 Å². The first-order valence-corrected chi connectivity index (χ1v) is 6.39. The molecule has 0 N–H and O–H groups in total. The quantitative estimate of drug-likeness (QED) is 0.745. The number of rotatable bonds is 3. The SMILES string of the molecule is C(=C\c1ccccc1)/CN1CCCCCC1. The fourth-order valence-corrected chi connectivity index (χ4v) is 2.22. The van der Waals surface area contributed by atoms with Crippen molar-refractivity contribution in [2.24, 2.45) is 0 Å². The van der Waals surface area contributed by atoms with Crippen molar-refractivity contribution in [1.82, 2.24) is 4.90 Å². The van der Waals surface area contributed by atoms with Crippen molar-refractivity contribution in [3.63, 3.8) is 0 Å². The van der Waals surface area contributed by atoms with E-state index in [9.17, 15) is 0 Å². The molecule has 16 heavy (non-hydrogen) atoms.